The van der Waals surface area contributed by atoms with Gasteiger partial charge in [0.2, 0.25) is 0 Å². The number of allylic oxidation sites excluding steroid dienone is 1. The maximum Gasteiger partial charge on any atom is 0.0547 e. The van der Waals surface area contributed by atoms with Crippen molar-refractivity contribution in [1.82, 2.24) is 0 Å². The highest BCUT2D eigenvalue weighted by atomic mass is 28.3. The molecule has 1 aromatic carbocycles. The molecule has 0 aromatic heterocycles. The first-order chi connectivity index (χ1) is 13.3. The van der Waals surface area contributed by atoms with Crippen LogP contribution in [-0.4, -0.2) is 8.07 Å². The fraction of sp³-hybridized carbons (Fsp3) is 0.704. The van der Waals surface area contributed by atoms with Gasteiger partial charge in [0.25, 0.3) is 0 Å². The molecule has 0 spiro atoms. The molecule has 0 saturated heterocycles. The SMILES string of the molecule is CCCC1CC([Si](C)(C)C2C(C)C(C)C(C)C2C)C2C=Cc3ccccc3C12. The van der Waals surface area contributed by atoms with E-state index in [1.165, 1.54) is 24.8 Å². The Balaban J connectivity index is 1.71. The van der Waals surface area contributed by atoms with Crippen LogP contribution in [0.25, 0.3) is 6.08 Å². The molecule has 2 fully saturated rings. The van der Waals surface area contributed by atoms with Gasteiger partial charge in [0.1, 0.15) is 0 Å². The normalized spacial score (nSPS) is 42.5. The Morgan fingerprint density at radius 2 is 1.57 bits per heavy atom. The fourth-order valence-electron chi connectivity index (χ4n) is 8.25. The van der Waals surface area contributed by atoms with Crippen molar-refractivity contribution in [2.45, 2.75) is 84.0 Å². The summed E-state index contributed by atoms with van der Waals surface area (Å²) in [6, 6.07) is 9.28. The lowest BCUT2D eigenvalue weighted by Crippen LogP contribution is -2.43. The van der Waals surface area contributed by atoms with E-state index in [0.717, 1.165) is 52.5 Å². The first-order valence-corrected chi connectivity index (χ1v) is 15.2. The fourth-order valence-corrected chi connectivity index (χ4v) is 14.3. The van der Waals surface area contributed by atoms with Gasteiger partial charge in [0.05, 0.1) is 8.07 Å². The molecule has 8 atom stereocenters. The molecule has 2 saturated carbocycles. The van der Waals surface area contributed by atoms with Crippen molar-refractivity contribution in [3.63, 3.8) is 0 Å². The molecule has 0 radical (unpaired) electrons. The Hall–Kier alpha value is -0.823. The molecular weight excluding hydrogens is 352 g/mol. The predicted octanol–water partition coefficient (Wildman–Crippen LogP) is 8.24. The first-order valence-electron chi connectivity index (χ1n) is 12.1. The van der Waals surface area contributed by atoms with Gasteiger partial charge in [0.15, 0.2) is 0 Å². The van der Waals surface area contributed by atoms with Gasteiger partial charge >= 0.3 is 0 Å². The lowest BCUT2D eigenvalue weighted by Gasteiger charge is -2.44. The Morgan fingerprint density at radius 1 is 0.929 bits per heavy atom. The monoisotopic (exact) mass is 394 g/mol. The van der Waals surface area contributed by atoms with E-state index in [2.05, 4.69) is 84.1 Å². The molecule has 8 unspecified atom stereocenters. The molecule has 0 nitrogen and oxygen atoms in total. The van der Waals surface area contributed by atoms with E-state index in [0.29, 0.717) is 0 Å². The summed E-state index contributed by atoms with van der Waals surface area (Å²) < 4.78 is 0. The van der Waals surface area contributed by atoms with Gasteiger partial charge in [-0.3, -0.25) is 0 Å². The summed E-state index contributed by atoms with van der Waals surface area (Å²) in [5.41, 5.74) is 5.09. The summed E-state index contributed by atoms with van der Waals surface area (Å²) in [6.07, 6.45) is 9.35. The van der Waals surface area contributed by atoms with Crippen LogP contribution >= 0.6 is 0 Å². The molecule has 1 heteroatoms. The third-order valence-electron chi connectivity index (χ3n) is 9.89. The van der Waals surface area contributed by atoms with E-state index in [1.807, 2.05) is 0 Å². The van der Waals surface area contributed by atoms with Gasteiger partial charge in [-0.25, -0.2) is 0 Å². The van der Waals surface area contributed by atoms with Gasteiger partial charge in [-0.2, -0.15) is 0 Å². The second kappa shape index (κ2) is 7.46. The van der Waals surface area contributed by atoms with E-state index in [1.54, 1.807) is 5.56 Å². The molecule has 3 aliphatic carbocycles. The summed E-state index contributed by atoms with van der Waals surface area (Å²) in [6.45, 7) is 18.2. The van der Waals surface area contributed by atoms with Crippen LogP contribution in [0.2, 0.25) is 24.2 Å². The average molecular weight is 395 g/mol. The van der Waals surface area contributed by atoms with Crippen LogP contribution in [0.15, 0.2) is 30.3 Å². The first kappa shape index (κ1) is 20.4. The molecule has 0 N–H and O–H groups in total. The van der Waals surface area contributed by atoms with Crippen LogP contribution in [0.4, 0.5) is 0 Å². The van der Waals surface area contributed by atoms with E-state index in [4.69, 9.17) is 0 Å². The molecule has 4 rings (SSSR count). The zero-order valence-corrected chi connectivity index (χ0v) is 20.3. The number of hydrogen-bond donors (Lipinski definition) is 0. The Bertz CT molecular complexity index is 718. The van der Waals surface area contributed by atoms with Crippen LogP contribution in [0.5, 0.6) is 0 Å². The Labute approximate surface area is 175 Å². The minimum atomic E-state index is -1.40. The summed E-state index contributed by atoms with van der Waals surface area (Å²) in [5, 5.41) is 0. The smallest absolute Gasteiger partial charge is 0.0547 e. The van der Waals surface area contributed by atoms with E-state index >= 15 is 0 Å². The summed E-state index contributed by atoms with van der Waals surface area (Å²) in [7, 11) is -1.40. The molecule has 28 heavy (non-hydrogen) atoms. The van der Waals surface area contributed by atoms with Crippen molar-refractivity contribution in [2.24, 2.45) is 35.5 Å². The van der Waals surface area contributed by atoms with Crippen molar-refractivity contribution >= 4 is 14.1 Å². The highest BCUT2D eigenvalue weighted by Crippen LogP contribution is 2.64. The Morgan fingerprint density at radius 3 is 2.21 bits per heavy atom. The van der Waals surface area contributed by atoms with Crippen LogP contribution in [-0.2, 0) is 0 Å². The largest absolute Gasteiger partial charge is 0.0802 e. The van der Waals surface area contributed by atoms with Crippen LogP contribution < -0.4 is 0 Å². The van der Waals surface area contributed by atoms with Crippen LogP contribution in [0.3, 0.4) is 0 Å². The van der Waals surface area contributed by atoms with E-state index in [-0.39, 0.29) is 0 Å². The van der Waals surface area contributed by atoms with E-state index < -0.39 is 8.07 Å². The summed E-state index contributed by atoms with van der Waals surface area (Å²) in [5.74, 6) is 6.03. The second-order valence-corrected chi connectivity index (χ2v) is 16.3. The van der Waals surface area contributed by atoms with Gasteiger partial charge < -0.3 is 0 Å². The van der Waals surface area contributed by atoms with Crippen LogP contribution in [0.1, 0.15) is 70.9 Å². The lowest BCUT2D eigenvalue weighted by molar-refractivity contribution is 0.352. The van der Waals surface area contributed by atoms with Crippen molar-refractivity contribution < 1.29 is 0 Å². The predicted molar refractivity (Wildman–Crippen MR) is 126 cm³/mol. The molecule has 0 bridgehead atoms. The zero-order chi connectivity index (χ0) is 20.2. The maximum atomic E-state index is 2.78. The lowest BCUT2D eigenvalue weighted by atomic mass is 9.76. The highest BCUT2D eigenvalue weighted by Gasteiger charge is 2.57. The zero-order valence-electron chi connectivity index (χ0n) is 19.3. The molecule has 0 amide bonds. The Kier molecular flexibility index (Phi) is 5.44. The van der Waals surface area contributed by atoms with Gasteiger partial charge in [-0.1, -0.05) is 97.0 Å². The van der Waals surface area contributed by atoms with Crippen molar-refractivity contribution in [2.75, 3.05) is 0 Å². The minimum Gasteiger partial charge on any atom is -0.0802 e. The molecular formula is C27H42Si. The van der Waals surface area contributed by atoms with Crippen molar-refractivity contribution in [1.29, 1.82) is 0 Å². The highest BCUT2D eigenvalue weighted by molar-refractivity contribution is 6.80. The molecule has 0 heterocycles. The van der Waals surface area contributed by atoms with Gasteiger partial charge in [-0.05, 0) is 70.1 Å². The number of fused-ring (bicyclic) bond motifs is 3. The topological polar surface area (TPSA) is 0 Å². The van der Waals surface area contributed by atoms with Gasteiger partial charge in [-0.15, -0.1) is 0 Å². The number of rotatable bonds is 4. The van der Waals surface area contributed by atoms with Gasteiger partial charge in [0, 0.05) is 0 Å². The third-order valence-corrected chi connectivity index (χ3v) is 15.2. The summed E-state index contributed by atoms with van der Waals surface area (Å²) >= 11 is 0. The summed E-state index contributed by atoms with van der Waals surface area (Å²) in [4.78, 5) is 0. The van der Waals surface area contributed by atoms with E-state index in [9.17, 15) is 0 Å². The van der Waals surface area contributed by atoms with Crippen molar-refractivity contribution in [3.8, 4) is 0 Å². The number of hydrogen-bond acceptors (Lipinski definition) is 0. The molecule has 3 aliphatic rings. The maximum absolute atomic E-state index is 2.78. The van der Waals surface area contributed by atoms with Crippen LogP contribution in [0, 0.1) is 35.5 Å². The second-order valence-electron chi connectivity index (χ2n) is 11.3. The molecule has 154 valence electrons. The average Bonchev–Trinajstić information content (AvgIpc) is 3.15. The molecule has 1 aromatic rings. The number of benzene rings is 1. The standard InChI is InChI=1S/C27H42Si/c1-8-11-22-16-25(24-15-14-21-12-9-10-13-23(21)26(22)24)28(6,7)27-19(4)17(2)18(3)20(27)5/h9-10,12-15,17-20,22,24-27H,8,11,16H2,1-7H3. The van der Waals surface area contributed by atoms with Crippen molar-refractivity contribution in [3.05, 3.63) is 41.5 Å². The third kappa shape index (κ3) is 2.99. The molecule has 0 aliphatic heterocycles. The minimum absolute atomic E-state index is 0.778. The quantitative estimate of drug-likeness (QED) is 0.451.